The van der Waals surface area contributed by atoms with E-state index in [0.29, 0.717) is 13.0 Å². The van der Waals surface area contributed by atoms with Crippen LogP contribution >= 0.6 is 23.2 Å². The predicted octanol–water partition coefficient (Wildman–Crippen LogP) is 4.32. The van der Waals surface area contributed by atoms with Crippen LogP contribution in [0.25, 0.3) is 0 Å². The molecule has 1 amide bonds. The summed E-state index contributed by atoms with van der Waals surface area (Å²) in [4.78, 5) is 13.7. The van der Waals surface area contributed by atoms with Crippen molar-refractivity contribution in [2.24, 2.45) is 0 Å². The van der Waals surface area contributed by atoms with E-state index in [2.05, 4.69) is 0 Å². The minimum absolute atomic E-state index is 0.217. The average molecular weight is 288 g/mol. The molecule has 0 aliphatic carbocycles. The standard InChI is InChI=1S/C12H13Cl2NO.C2H6/c1-9-3-5-10(6-4-9)15-8-2-7-12(13,14)11(15)16;1-2/h3-6H,2,7-8H2,1H3;1-2H3. The number of alkyl halides is 2. The van der Waals surface area contributed by atoms with Crippen molar-refractivity contribution in [3.05, 3.63) is 29.8 Å². The second-order valence-electron chi connectivity index (χ2n) is 4.10. The fourth-order valence-corrected chi connectivity index (χ4v) is 2.31. The van der Waals surface area contributed by atoms with E-state index >= 15 is 0 Å². The zero-order valence-corrected chi connectivity index (χ0v) is 12.6. The van der Waals surface area contributed by atoms with Crippen LogP contribution < -0.4 is 4.90 Å². The van der Waals surface area contributed by atoms with E-state index in [1.54, 1.807) is 4.90 Å². The van der Waals surface area contributed by atoms with Crippen LogP contribution in [0.1, 0.15) is 32.3 Å². The van der Waals surface area contributed by atoms with Crippen molar-refractivity contribution in [3.63, 3.8) is 0 Å². The number of hydrogen-bond donors (Lipinski definition) is 0. The summed E-state index contributed by atoms with van der Waals surface area (Å²) in [6.07, 6.45) is 1.35. The first kappa shape index (κ1) is 15.3. The molecule has 18 heavy (non-hydrogen) atoms. The summed E-state index contributed by atoms with van der Waals surface area (Å²) in [7, 11) is 0. The van der Waals surface area contributed by atoms with Gasteiger partial charge < -0.3 is 4.90 Å². The van der Waals surface area contributed by atoms with Crippen LogP contribution in [-0.2, 0) is 4.79 Å². The number of nitrogens with zero attached hydrogens (tertiary/aromatic N) is 1. The minimum Gasteiger partial charge on any atom is -0.310 e. The maximum Gasteiger partial charge on any atom is 0.263 e. The predicted molar refractivity (Wildman–Crippen MR) is 78.6 cm³/mol. The zero-order chi connectivity index (χ0) is 13.8. The van der Waals surface area contributed by atoms with E-state index in [9.17, 15) is 4.79 Å². The molecule has 1 aromatic carbocycles. The highest BCUT2D eigenvalue weighted by Crippen LogP contribution is 2.35. The summed E-state index contributed by atoms with van der Waals surface area (Å²) >= 11 is 11.9. The van der Waals surface area contributed by atoms with Gasteiger partial charge in [-0.1, -0.05) is 54.7 Å². The lowest BCUT2D eigenvalue weighted by molar-refractivity contribution is -0.120. The molecule has 0 spiro atoms. The van der Waals surface area contributed by atoms with Gasteiger partial charge in [-0.25, -0.2) is 0 Å². The van der Waals surface area contributed by atoms with Crippen molar-refractivity contribution in [1.29, 1.82) is 0 Å². The van der Waals surface area contributed by atoms with Gasteiger partial charge in [0.2, 0.25) is 0 Å². The maximum absolute atomic E-state index is 12.0. The molecule has 2 rings (SSSR count). The van der Waals surface area contributed by atoms with Crippen molar-refractivity contribution in [3.8, 4) is 0 Å². The van der Waals surface area contributed by atoms with Crippen LogP contribution in [0.5, 0.6) is 0 Å². The van der Waals surface area contributed by atoms with Gasteiger partial charge in [0.1, 0.15) is 0 Å². The number of carbonyl (C=O) groups is 1. The summed E-state index contributed by atoms with van der Waals surface area (Å²) in [6.45, 7) is 6.69. The van der Waals surface area contributed by atoms with Crippen molar-refractivity contribution >= 4 is 34.8 Å². The van der Waals surface area contributed by atoms with Crippen LogP contribution in [0, 0.1) is 6.92 Å². The summed E-state index contributed by atoms with van der Waals surface area (Å²) in [5.74, 6) is -0.217. The van der Waals surface area contributed by atoms with Crippen molar-refractivity contribution < 1.29 is 4.79 Å². The third-order valence-electron chi connectivity index (χ3n) is 2.78. The van der Waals surface area contributed by atoms with Crippen LogP contribution in [0.15, 0.2) is 24.3 Å². The molecule has 0 N–H and O–H groups in total. The van der Waals surface area contributed by atoms with Gasteiger partial charge in [0.15, 0.2) is 4.33 Å². The topological polar surface area (TPSA) is 20.3 Å². The molecule has 100 valence electrons. The van der Waals surface area contributed by atoms with Gasteiger partial charge in [-0.05, 0) is 31.9 Å². The average Bonchev–Trinajstić information content (AvgIpc) is 2.36. The molecule has 0 saturated carbocycles. The first-order chi connectivity index (χ1) is 8.50. The third kappa shape index (κ3) is 3.39. The Morgan fingerprint density at radius 3 is 2.28 bits per heavy atom. The Morgan fingerprint density at radius 2 is 1.72 bits per heavy atom. The minimum atomic E-state index is -1.26. The summed E-state index contributed by atoms with van der Waals surface area (Å²) in [5, 5.41) is 0. The highest BCUT2D eigenvalue weighted by Gasteiger charge is 2.40. The third-order valence-corrected chi connectivity index (χ3v) is 3.48. The molecule has 4 heteroatoms. The number of anilines is 1. The zero-order valence-electron chi connectivity index (χ0n) is 11.0. The molecular weight excluding hydrogens is 269 g/mol. The van der Waals surface area contributed by atoms with Crippen molar-refractivity contribution in [1.82, 2.24) is 0 Å². The Bertz CT molecular complexity index is 401. The number of carbonyl (C=O) groups excluding carboxylic acids is 1. The fraction of sp³-hybridized carbons (Fsp3) is 0.500. The number of rotatable bonds is 1. The highest BCUT2D eigenvalue weighted by atomic mass is 35.5. The van der Waals surface area contributed by atoms with Crippen LogP contribution in [0.4, 0.5) is 5.69 Å². The van der Waals surface area contributed by atoms with Gasteiger partial charge in [0.05, 0.1) is 0 Å². The Hall–Kier alpha value is -0.730. The lowest BCUT2D eigenvalue weighted by Crippen LogP contribution is -2.47. The van der Waals surface area contributed by atoms with Crippen molar-refractivity contribution in [2.75, 3.05) is 11.4 Å². The number of halogens is 2. The van der Waals surface area contributed by atoms with Gasteiger partial charge in [-0.3, -0.25) is 4.79 Å². The van der Waals surface area contributed by atoms with E-state index in [-0.39, 0.29) is 5.91 Å². The monoisotopic (exact) mass is 287 g/mol. The van der Waals surface area contributed by atoms with E-state index in [1.807, 2.05) is 45.0 Å². The first-order valence-electron chi connectivity index (χ1n) is 6.27. The lowest BCUT2D eigenvalue weighted by Gasteiger charge is -2.34. The normalized spacial score (nSPS) is 18.1. The fourth-order valence-electron chi connectivity index (χ4n) is 1.84. The van der Waals surface area contributed by atoms with Crippen LogP contribution in [0.3, 0.4) is 0 Å². The van der Waals surface area contributed by atoms with Gasteiger partial charge in [0.25, 0.3) is 5.91 Å². The second kappa shape index (κ2) is 6.44. The number of benzene rings is 1. The largest absolute Gasteiger partial charge is 0.310 e. The smallest absolute Gasteiger partial charge is 0.263 e. The van der Waals surface area contributed by atoms with E-state index < -0.39 is 4.33 Å². The van der Waals surface area contributed by atoms with E-state index in [4.69, 9.17) is 23.2 Å². The molecule has 0 radical (unpaired) electrons. The quantitative estimate of drug-likeness (QED) is 0.705. The Balaban J connectivity index is 0.000000771. The molecule has 0 unspecified atom stereocenters. The molecule has 1 aromatic rings. The molecule has 1 fully saturated rings. The lowest BCUT2D eigenvalue weighted by atomic mass is 10.1. The first-order valence-corrected chi connectivity index (χ1v) is 7.03. The Morgan fingerprint density at radius 1 is 1.17 bits per heavy atom. The summed E-state index contributed by atoms with van der Waals surface area (Å²) < 4.78 is -1.26. The molecule has 1 aliphatic heterocycles. The summed E-state index contributed by atoms with van der Waals surface area (Å²) in [5.41, 5.74) is 2.03. The van der Waals surface area contributed by atoms with Crippen LogP contribution in [-0.4, -0.2) is 16.8 Å². The molecule has 0 atom stereocenters. The van der Waals surface area contributed by atoms with Crippen LogP contribution in [0.2, 0.25) is 0 Å². The number of hydrogen-bond acceptors (Lipinski definition) is 1. The number of amides is 1. The molecule has 0 aromatic heterocycles. The Labute approximate surface area is 119 Å². The number of piperidine rings is 1. The van der Waals surface area contributed by atoms with E-state index in [1.165, 1.54) is 0 Å². The highest BCUT2D eigenvalue weighted by molar-refractivity contribution is 6.59. The molecule has 1 saturated heterocycles. The second-order valence-corrected chi connectivity index (χ2v) is 5.58. The maximum atomic E-state index is 12.0. The summed E-state index contributed by atoms with van der Waals surface area (Å²) in [6, 6.07) is 7.79. The molecule has 1 aliphatic rings. The number of aryl methyl sites for hydroxylation is 1. The van der Waals surface area contributed by atoms with Gasteiger partial charge in [-0.15, -0.1) is 0 Å². The van der Waals surface area contributed by atoms with E-state index in [0.717, 1.165) is 17.7 Å². The van der Waals surface area contributed by atoms with Crippen molar-refractivity contribution in [2.45, 2.75) is 37.9 Å². The van der Waals surface area contributed by atoms with Gasteiger partial charge in [-0.2, -0.15) is 0 Å². The van der Waals surface area contributed by atoms with Gasteiger partial charge >= 0.3 is 0 Å². The molecule has 1 heterocycles. The molecular formula is C14H19Cl2NO. The SMILES string of the molecule is CC.Cc1ccc(N2CCCC(Cl)(Cl)C2=O)cc1. The Kier molecular flexibility index (Phi) is 5.48. The molecule has 0 bridgehead atoms. The molecule has 2 nitrogen and oxygen atoms in total. The van der Waals surface area contributed by atoms with Gasteiger partial charge in [0, 0.05) is 12.2 Å².